The molecule has 0 saturated heterocycles. The van der Waals surface area contributed by atoms with E-state index in [-0.39, 0.29) is 5.56 Å². The van der Waals surface area contributed by atoms with Gasteiger partial charge in [-0.15, -0.1) is 0 Å². The zero-order chi connectivity index (χ0) is 10.0. The minimum atomic E-state index is -0.0784. The van der Waals surface area contributed by atoms with Crippen molar-refractivity contribution in [3.05, 3.63) is 16.0 Å². The number of nitrogens with two attached hydrogens (primary N) is 1. The van der Waals surface area contributed by atoms with Crippen molar-refractivity contribution in [2.45, 2.75) is 33.2 Å². The summed E-state index contributed by atoms with van der Waals surface area (Å²) in [7, 11) is 1.75. The Labute approximate surface area is 77.9 Å². The highest BCUT2D eigenvalue weighted by Crippen LogP contribution is 2.09. The highest BCUT2D eigenvalue weighted by molar-refractivity contribution is 5.41. The molecule has 1 aromatic rings. The molecule has 0 aliphatic carbocycles. The number of rotatable bonds is 3. The van der Waals surface area contributed by atoms with Gasteiger partial charge in [-0.05, 0) is 13.3 Å². The quantitative estimate of drug-likeness (QED) is 0.751. The minimum Gasteiger partial charge on any atom is -0.393 e. The standard InChI is InChI=1S/C9H17N3O/c1-4-6-7-8(10)9(13)11(3)12(7)5-2/h4-6,10H2,1-3H3. The Bertz CT molecular complexity index is 348. The molecule has 2 N–H and O–H groups in total. The van der Waals surface area contributed by atoms with Gasteiger partial charge >= 0.3 is 0 Å². The van der Waals surface area contributed by atoms with Crippen molar-refractivity contribution < 1.29 is 0 Å². The average Bonchev–Trinajstić information content (AvgIpc) is 2.32. The van der Waals surface area contributed by atoms with Crippen LogP contribution in [-0.2, 0) is 20.0 Å². The first kappa shape index (κ1) is 9.89. The molecule has 0 fully saturated rings. The second-order valence-electron chi connectivity index (χ2n) is 3.15. The molecule has 0 bridgehead atoms. The van der Waals surface area contributed by atoms with Crippen LogP contribution < -0.4 is 11.3 Å². The van der Waals surface area contributed by atoms with Crippen molar-refractivity contribution in [1.82, 2.24) is 9.36 Å². The van der Waals surface area contributed by atoms with Gasteiger partial charge in [-0.25, -0.2) is 0 Å². The molecule has 1 heterocycles. The van der Waals surface area contributed by atoms with Crippen LogP contribution in [0.1, 0.15) is 26.0 Å². The SMILES string of the molecule is CCCc1c(N)c(=O)n(C)n1CC. The first-order chi connectivity index (χ1) is 6.13. The van der Waals surface area contributed by atoms with Crippen LogP contribution in [-0.4, -0.2) is 9.36 Å². The third-order valence-corrected chi connectivity index (χ3v) is 2.30. The van der Waals surface area contributed by atoms with Crippen LogP contribution in [0.25, 0.3) is 0 Å². The third-order valence-electron chi connectivity index (χ3n) is 2.30. The smallest absolute Gasteiger partial charge is 0.289 e. The molecule has 4 heteroatoms. The maximum absolute atomic E-state index is 11.5. The number of aromatic nitrogens is 2. The Hall–Kier alpha value is -1.19. The Morgan fingerprint density at radius 3 is 2.46 bits per heavy atom. The van der Waals surface area contributed by atoms with E-state index in [1.165, 1.54) is 0 Å². The van der Waals surface area contributed by atoms with Crippen LogP contribution >= 0.6 is 0 Å². The second kappa shape index (κ2) is 3.68. The number of hydrogen-bond donors (Lipinski definition) is 1. The number of hydrogen-bond acceptors (Lipinski definition) is 2. The third kappa shape index (κ3) is 1.48. The molecule has 0 aliphatic heterocycles. The van der Waals surface area contributed by atoms with Gasteiger partial charge < -0.3 is 5.73 Å². The van der Waals surface area contributed by atoms with Crippen molar-refractivity contribution in [2.75, 3.05) is 5.73 Å². The van der Waals surface area contributed by atoms with Crippen LogP contribution in [0.3, 0.4) is 0 Å². The lowest BCUT2D eigenvalue weighted by molar-refractivity contribution is 0.500. The van der Waals surface area contributed by atoms with E-state index in [4.69, 9.17) is 5.73 Å². The van der Waals surface area contributed by atoms with Crippen molar-refractivity contribution in [3.63, 3.8) is 0 Å². The van der Waals surface area contributed by atoms with E-state index in [1.54, 1.807) is 11.7 Å². The van der Waals surface area contributed by atoms with Gasteiger partial charge in [0.2, 0.25) is 0 Å². The van der Waals surface area contributed by atoms with E-state index < -0.39 is 0 Å². The summed E-state index contributed by atoms with van der Waals surface area (Å²) in [6.07, 6.45) is 1.88. The van der Waals surface area contributed by atoms with Gasteiger partial charge in [0.25, 0.3) is 5.56 Å². The molecule has 0 atom stereocenters. The van der Waals surface area contributed by atoms with Gasteiger partial charge in [-0.2, -0.15) is 0 Å². The van der Waals surface area contributed by atoms with Crippen LogP contribution in [0, 0.1) is 0 Å². The van der Waals surface area contributed by atoms with Crippen molar-refractivity contribution in [3.8, 4) is 0 Å². The zero-order valence-electron chi connectivity index (χ0n) is 8.50. The van der Waals surface area contributed by atoms with E-state index >= 15 is 0 Å². The summed E-state index contributed by atoms with van der Waals surface area (Å²) < 4.78 is 3.52. The summed E-state index contributed by atoms with van der Waals surface area (Å²) >= 11 is 0. The molecule has 0 spiro atoms. The maximum atomic E-state index is 11.5. The molecule has 0 unspecified atom stereocenters. The number of anilines is 1. The van der Waals surface area contributed by atoms with E-state index in [1.807, 2.05) is 11.6 Å². The normalized spacial score (nSPS) is 10.7. The Morgan fingerprint density at radius 1 is 1.38 bits per heavy atom. The molecular weight excluding hydrogens is 166 g/mol. The van der Waals surface area contributed by atoms with E-state index in [0.717, 1.165) is 25.1 Å². The fourth-order valence-electron chi connectivity index (χ4n) is 1.63. The predicted octanol–water partition coefficient (Wildman–Crippen LogP) is 0.741. The summed E-state index contributed by atoms with van der Waals surface area (Å²) in [6, 6.07) is 0. The number of nitrogen functional groups attached to an aromatic ring is 1. The van der Waals surface area contributed by atoms with Crippen LogP contribution in [0.5, 0.6) is 0 Å². The summed E-state index contributed by atoms with van der Waals surface area (Å²) in [5.74, 6) is 0. The molecule has 74 valence electrons. The minimum absolute atomic E-state index is 0.0784. The molecule has 13 heavy (non-hydrogen) atoms. The summed E-state index contributed by atoms with van der Waals surface area (Å²) in [6.45, 7) is 4.88. The van der Waals surface area contributed by atoms with Crippen molar-refractivity contribution in [1.29, 1.82) is 0 Å². The van der Waals surface area contributed by atoms with Gasteiger partial charge in [0.15, 0.2) is 0 Å². The van der Waals surface area contributed by atoms with Crippen LogP contribution in [0.15, 0.2) is 4.79 Å². The van der Waals surface area contributed by atoms with Crippen LogP contribution in [0.4, 0.5) is 5.69 Å². The van der Waals surface area contributed by atoms with Crippen molar-refractivity contribution >= 4 is 5.69 Å². The van der Waals surface area contributed by atoms with Gasteiger partial charge in [-0.3, -0.25) is 14.2 Å². The number of nitrogens with zero attached hydrogens (tertiary/aromatic N) is 2. The van der Waals surface area contributed by atoms with Gasteiger partial charge in [-0.1, -0.05) is 13.3 Å². The molecule has 0 saturated carbocycles. The zero-order valence-corrected chi connectivity index (χ0v) is 8.50. The summed E-state index contributed by atoms with van der Waals surface area (Å²) in [4.78, 5) is 11.5. The topological polar surface area (TPSA) is 53.0 Å². The predicted molar refractivity (Wildman–Crippen MR) is 53.8 cm³/mol. The van der Waals surface area contributed by atoms with Gasteiger partial charge in [0, 0.05) is 13.6 Å². The Balaban J connectivity index is 3.30. The maximum Gasteiger partial charge on any atom is 0.289 e. The first-order valence-electron chi connectivity index (χ1n) is 4.67. The molecule has 4 nitrogen and oxygen atoms in total. The Kier molecular flexibility index (Phi) is 2.80. The fraction of sp³-hybridized carbons (Fsp3) is 0.667. The van der Waals surface area contributed by atoms with E-state index in [0.29, 0.717) is 5.69 Å². The molecule has 0 amide bonds. The largest absolute Gasteiger partial charge is 0.393 e. The van der Waals surface area contributed by atoms with Gasteiger partial charge in [0.05, 0.1) is 5.69 Å². The monoisotopic (exact) mass is 183 g/mol. The molecule has 1 rings (SSSR count). The van der Waals surface area contributed by atoms with E-state index in [2.05, 4.69) is 6.92 Å². The van der Waals surface area contributed by atoms with E-state index in [9.17, 15) is 4.79 Å². The fourth-order valence-corrected chi connectivity index (χ4v) is 1.63. The average molecular weight is 183 g/mol. The Morgan fingerprint density at radius 2 is 2.00 bits per heavy atom. The van der Waals surface area contributed by atoms with Gasteiger partial charge in [0.1, 0.15) is 5.69 Å². The van der Waals surface area contributed by atoms with Crippen molar-refractivity contribution in [2.24, 2.45) is 7.05 Å². The second-order valence-corrected chi connectivity index (χ2v) is 3.15. The summed E-state index contributed by atoms with van der Waals surface area (Å²) in [5.41, 5.74) is 7.01. The molecule has 0 aliphatic rings. The molecule has 0 radical (unpaired) electrons. The molecule has 1 aromatic heterocycles. The first-order valence-corrected chi connectivity index (χ1v) is 4.67. The molecular formula is C9H17N3O. The lowest BCUT2D eigenvalue weighted by Gasteiger charge is -2.08. The lowest BCUT2D eigenvalue weighted by Crippen LogP contribution is -2.19. The molecule has 0 aromatic carbocycles. The van der Waals surface area contributed by atoms with Crippen LogP contribution in [0.2, 0.25) is 0 Å². The summed E-state index contributed by atoms with van der Waals surface area (Å²) in [5, 5.41) is 0. The highest BCUT2D eigenvalue weighted by atomic mass is 16.1. The lowest BCUT2D eigenvalue weighted by atomic mass is 10.2. The highest BCUT2D eigenvalue weighted by Gasteiger charge is 2.12.